The van der Waals surface area contributed by atoms with Crippen LogP contribution in [0.3, 0.4) is 0 Å². The molecule has 1 aromatic heterocycles. The van der Waals surface area contributed by atoms with E-state index in [0.717, 1.165) is 16.8 Å². The zero-order chi connectivity index (χ0) is 15.0. The van der Waals surface area contributed by atoms with E-state index in [0.29, 0.717) is 17.3 Å². The Labute approximate surface area is 122 Å². The molecular weight excluding hydrogens is 264 g/mol. The van der Waals surface area contributed by atoms with Crippen molar-refractivity contribution in [3.05, 3.63) is 64.2 Å². The van der Waals surface area contributed by atoms with Crippen molar-refractivity contribution in [1.82, 2.24) is 9.55 Å². The van der Waals surface area contributed by atoms with Crippen LogP contribution in [0.4, 0.5) is 0 Å². The summed E-state index contributed by atoms with van der Waals surface area (Å²) < 4.78 is 1.54. The van der Waals surface area contributed by atoms with Crippen molar-refractivity contribution >= 4 is 10.9 Å². The van der Waals surface area contributed by atoms with Crippen molar-refractivity contribution in [3.63, 3.8) is 0 Å². The van der Waals surface area contributed by atoms with Crippen molar-refractivity contribution in [2.24, 2.45) is 0 Å². The van der Waals surface area contributed by atoms with Gasteiger partial charge in [0, 0.05) is 6.07 Å². The Hall–Kier alpha value is -2.62. The molecule has 3 rings (SSSR count). The highest BCUT2D eigenvalue weighted by Crippen LogP contribution is 2.21. The lowest BCUT2D eigenvalue weighted by atomic mass is 10.1. The van der Waals surface area contributed by atoms with E-state index in [1.165, 1.54) is 17.0 Å². The van der Waals surface area contributed by atoms with Gasteiger partial charge in [0.2, 0.25) is 0 Å². The molecule has 0 radical (unpaired) electrons. The van der Waals surface area contributed by atoms with Crippen LogP contribution in [-0.2, 0) is 6.42 Å². The minimum Gasteiger partial charge on any atom is -0.508 e. The summed E-state index contributed by atoms with van der Waals surface area (Å²) in [6.07, 6.45) is 2.17. The molecule has 0 spiro atoms. The molecule has 1 N–H and O–H groups in total. The maximum Gasteiger partial charge on any atom is 0.266 e. The predicted octanol–water partition coefficient (Wildman–Crippen LogP) is 2.96. The number of phenols is 1. The molecule has 0 aliphatic carbocycles. The fourth-order valence-corrected chi connectivity index (χ4v) is 2.48. The number of hydrogen-bond acceptors (Lipinski definition) is 3. The summed E-state index contributed by atoms with van der Waals surface area (Å²) in [6.45, 7) is 3.96. The molecule has 0 fully saturated rings. The van der Waals surface area contributed by atoms with E-state index in [9.17, 15) is 9.90 Å². The Balaban J connectivity index is 2.32. The number of nitrogens with zero attached hydrogens (tertiary/aromatic N) is 2. The number of benzene rings is 2. The SMILES string of the molecule is CCc1cc(O)cc2ncn(-c3ccc(C)cc3)c(=O)c12. The van der Waals surface area contributed by atoms with Gasteiger partial charge in [0.25, 0.3) is 5.56 Å². The van der Waals surface area contributed by atoms with Crippen molar-refractivity contribution in [1.29, 1.82) is 0 Å². The standard InChI is InChI=1S/C17H16N2O2/c1-3-12-8-14(20)9-15-16(12)17(21)19(10-18-15)13-6-4-11(2)5-7-13/h4-10,20H,3H2,1-2H3. The molecule has 4 heteroatoms. The lowest BCUT2D eigenvalue weighted by Crippen LogP contribution is -2.20. The normalized spacial score (nSPS) is 11.0. The highest BCUT2D eigenvalue weighted by atomic mass is 16.3. The first-order valence-electron chi connectivity index (χ1n) is 6.90. The van der Waals surface area contributed by atoms with Crippen LogP contribution in [0.1, 0.15) is 18.1 Å². The minimum atomic E-state index is -0.110. The molecule has 4 nitrogen and oxygen atoms in total. The van der Waals surface area contributed by atoms with Crippen LogP contribution >= 0.6 is 0 Å². The summed E-state index contributed by atoms with van der Waals surface area (Å²) in [5, 5.41) is 10.3. The van der Waals surface area contributed by atoms with E-state index in [4.69, 9.17) is 0 Å². The van der Waals surface area contributed by atoms with Gasteiger partial charge < -0.3 is 5.11 Å². The third-order valence-electron chi connectivity index (χ3n) is 3.62. The van der Waals surface area contributed by atoms with Gasteiger partial charge in [-0.1, -0.05) is 24.6 Å². The maximum atomic E-state index is 12.7. The molecule has 0 aliphatic rings. The molecule has 0 saturated carbocycles. The highest BCUT2D eigenvalue weighted by molar-refractivity contribution is 5.83. The second-order valence-electron chi connectivity index (χ2n) is 5.11. The first kappa shape index (κ1) is 13.4. The summed E-state index contributed by atoms with van der Waals surface area (Å²) in [4.78, 5) is 17.1. The van der Waals surface area contributed by atoms with E-state index in [2.05, 4.69) is 4.98 Å². The molecule has 2 aromatic carbocycles. The number of aromatic hydroxyl groups is 1. The first-order chi connectivity index (χ1) is 10.1. The molecule has 106 valence electrons. The van der Waals surface area contributed by atoms with Crippen LogP contribution in [-0.4, -0.2) is 14.7 Å². The summed E-state index contributed by atoms with van der Waals surface area (Å²) in [5.74, 6) is 0.138. The van der Waals surface area contributed by atoms with Gasteiger partial charge in [0.15, 0.2) is 0 Å². The van der Waals surface area contributed by atoms with Gasteiger partial charge in [-0.05, 0) is 37.1 Å². The van der Waals surface area contributed by atoms with Crippen LogP contribution in [0.15, 0.2) is 47.5 Å². The van der Waals surface area contributed by atoms with Crippen LogP contribution in [0.2, 0.25) is 0 Å². The third kappa shape index (κ3) is 2.29. The van der Waals surface area contributed by atoms with E-state index in [1.54, 1.807) is 6.07 Å². The quantitative estimate of drug-likeness (QED) is 0.785. The second-order valence-corrected chi connectivity index (χ2v) is 5.11. The van der Waals surface area contributed by atoms with Gasteiger partial charge in [0.1, 0.15) is 12.1 Å². The average Bonchev–Trinajstić information content (AvgIpc) is 2.48. The lowest BCUT2D eigenvalue weighted by molar-refractivity contribution is 0.475. The molecular formula is C17H16N2O2. The minimum absolute atomic E-state index is 0.110. The van der Waals surface area contributed by atoms with Gasteiger partial charge in [-0.2, -0.15) is 0 Å². The molecule has 21 heavy (non-hydrogen) atoms. The molecule has 0 unspecified atom stereocenters. The molecule has 1 heterocycles. The van der Waals surface area contributed by atoms with E-state index < -0.39 is 0 Å². The van der Waals surface area contributed by atoms with Crippen molar-refractivity contribution in [3.8, 4) is 11.4 Å². The van der Waals surface area contributed by atoms with Gasteiger partial charge in [-0.25, -0.2) is 4.98 Å². The number of aryl methyl sites for hydroxylation is 2. The van der Waals surface area contributed by atoms with Crippen molar-refractivity contribution in [2.45, 2.75) is 20.3 Å². The summed E-state index contributed by atoms with van der Waals surface area (Å²) in [5.41, 5.74) is 3.15. The van der Waals surface area contributed by atoms with Gasteiger partial charge in [0.05, 0.1) is 16.6 Å². The molecule has 0 bridgehead atoms. The Morgan fingerprint density at radius 1 is 1.19 bits per heavy atom. The average molecular weight is 280 g/mol. The fourth-order valence-electron chi connectivity index (χ4n) is 2.48. The second kappa shape index (κ2) is 5.05. The monoisotopic (exact) mass is 280 g/mol. The number of fused-ring (bicyclic) bond motifs is 1. The number of hydrogen-bond donors (Lipinski definition) is 1. The van der Waals surface area contributed by atoms with Crippen LogP contribution in [0.25, 0.3) is 16.6 Å². The maximum absolute atomic E-state index is 12.7. The molecule has 0 amide bonds. The summed E-state index contributed by atoms with van der Waals surface area (Å²) >= 11 is 0. The topological polar surface area (TPSA) is 55.1 Å². The zero-order valence-electron chi connectivity index (χ0n) is 12.0. The summed E-state index contributed by atoms with van der Waals surface area (Å²) in [7, 11) is 0. The fraction of sp³-hybridized carbons (Fsp3) is 0.176. The smallest absolute Gasteiger partial charge is 0.266 e. The van der Waals surface area contributed by atoms with E-state index in [1.807, 2.05) is 38.1 Å². The molecule has 0 aliphatic heterocycles. The van der Waals surface area contributed by atoms with Gasteiger partial charge in [-0.3, -0.25) is 9.36 Å². The predicted molar refractivity (Wildman–Crippen MR) is 83.1 cm³/mol. The third-order valence-corrected chi connectivity index (χ3v) is 3.62. The van der Waals surface area contributed by atoms with Crippen LogP contribution in [0.5, 0.6) is 5.75 Å². The number of phenolic OH excluding ortho intramolecular Hbond substituents is 1. The van der Waals surface area contributed by atoms with Crippen molar-refractivity contribution in [2.75, 3.05) is 0 Å². The Morgan fingerprint density at radius 3 is 2.57 bits per heavy atom. The van der Waals surface area contributed by atoms with E-state index >= 15 is 0 Å². The first-order valence-corrected chi connectivity index (χ1v) is 6.90. The zero-order valence-corrected chi connectivity index (χ0v) is 12.0. The van der Waals surface area contributed by atoms with E-state index in [-0.39, 0.29) is 11.3 Å². The largest absolute Gasteiger partial charge is 0.508 e. The Morgan fingerprint density at radius 2 is 1.90 bits per heavy atom. The molecule has 0 saturated heterocycles. The molecule has 3 aromatic rings. The van der Waals surface area contributed by atoms with Gasteiger partial charge in [-0.15, -0.1) is 0 Å². The Bertz CT molecular complexity index is 864. The number of rotatable bonds is 2. The van der Waals surface area contributed by atoms with Gasteiger partial charge >= 0.3 is 0 Å². The van der Waals surface area contributed by atoms with Crippen molar-refractivity contribution < 1.29 is 5.11 Å². The van der Waals surface area contributed by atoms with Crippen LogP contribution in [0, 0.1) is 6.92 Å². The highest BCUT2D eigenvalue weighted by Gasteiger charge is 2.11. The molecule has 0 atom stereocenters. The number of aromatic nitrogens is 2. The summed E-state index contributed by atoms with van der Waals surface area (Å²) in [6, 6.07) is 10.9. The van der Waals surface area contributed by atoms with Crippen LogP contribution < -0.4 is 5.56 Å². The Kier molecular flexibility index (Phi) is 3.22. The lowest BCUT2D eigenvalue weighted by Gasteiger charge is -2.09.